The van der Waals surface area contributed by atoms with Gasteiger partial charge in [-0.05, 0) is 30.3 Å². The lowest BCUT2D eigenvalue weighted by molar-refractivity contribution is -0.120. The Morgan fingerprint density at radius 1 is 1.38 bits per heavy atom. The van der Waals surface area contributed by atoms with Crippen molar-refractivity contribution < 1.29 is 9.53 Å². The summed E-state index contributed by atoms with van der Waals surface area (Å²) in [5.41, 5.74) is 1.71. The Morgan fingerprint density at radius 2 is 2.19 bits per heavy atom. The van der Waals surface area contributed by atoms with E-state index in [0.29, 0.717) is 19.8 Å². The van der Waals surface area contributed by atoms with E-state index in [1.165, 1.54) is 0 Å². The minimum atomic E-state index is -0.283. The highest BCUT2D eigenvalue weighted by molar-refractivity contribution is 5.95. The van der Waals surface area contributed by atoms with Crippen LogP contribution >= 0.6 is 12.4 Å². The molecule has 7 heteroatoms. The number of carbonyl (C=O) groups is 1. The van der Waals surface area contributed by atoms with Gasteiger partial charge in [0.25, 0.3) is 0 Å². The van der Waals surface area contributed by atoms with Crippen molar-refractivity contribution in [3.05, 3.63) is 42.7 Å². The molecule has 1 saturated heterocycles. The van der Waals surface area contributed by atoms with Crippen LogP contribution in [0, 0.1) is 0 Å². The second-order valence-corrected chi connectivity index (χ2v) is 4.57. The fourth-order valence-electron chi connectivity index (χ4n) is 2.08. The molecule has 1 aliphatic rings. The summed E-state index contributed by atoms with van der Waals surface area (Å²) in [6.07, 6.45) is 3.60. The average molecular weight is 309 g/mol. The number of carbonyl (C=O) groups excluding carboxylic acids is 1. The second-order valence-electron chi connectivity index (χ2n) is 4.57. The molecule has 1 amide bonds. The molecule has 2 N–H and O–H groups in total. The number of halogens is 1. The van der Waals surface area contributed by atoms with Gasteiger partial charge in [0.05, 0.1) is 18.9 Å². The lowest BCUT2D eigenvalue weighted by Gasteiger charge is -2.22. The molecule has 0 saturated carbocycles. The predicted octanol–water partition coefficient (Wildman–Crippen LogP) is 1.22. The summed E-state index contributed by atoms with van der Waals surface area (Å²) in [7, 11) is 0. The first-order valence-electron chi connectivity index (χ1n) is 6.55. The van der Waals surface area contributed by atoms with E-state index in [1.54, 1.807) is 10.9 Å². The molecule has 1 aliphatic heterocycles. The van der Waals surface area contributed by atoms with Crippen LogP contribution in [0.2, 0.25) is 0 Å². The zero-order valence-electron chi connectivity index (χ0n) is 11.4. The van der Waals surface area contributed by atoms with Crippen molar-refractivity contribution >= 4 is 24.0 Å². The molecule has 1 atom stereocenters. The standard InChI is InChI=1S/C14H16N4O2.ClH/c19-14(13-10-20-9-7-15-13)17-11-2-4-12(5-3-11)18-8-1-6-16-18;/h1-6,8,13,15H,7,9-10H2,(H,17,19);1H. The van der Waals surface area contributed by atoms with Gasteiger partial charge in [0.1, 0.15) is 6.04 Å². The molecule has 1 aromatic carbocycles. The van der Waals surface area contributed by atoms with Crippen molar-refractivity contribution in [3.8, 4) is 5.69 Å². The number of aromatic nitrogens is 2. The van der Waals surface area contributed by atoms with E-state index >= 15 is 0 Å². The summed E-state index contributed by atoms with van der Waals surface area (Å²) in [4.78, 5) is 12.0. The molecule has 6 nitrogen and oxygen atoms in total. The first kappa shape index (κ1) is 15.5. The van der Waals surface area contributed by atoms with Gasteiger partial charge in [-0.1, -0.05) is 0 Å². The summed E-state index contributed by atoms with van der Waals surface area (Å²) in [5, 5.41) is 10.1. The monoisotopic (exact) mass is 308 g/mol. The molecule has 1 fully saturated rings. The fourth-order valence-corrected chi connectivity index (χ4v) is 2.08. The van der Waals surface area contributed by atoms with E-state index in [4.69, 9.17) is 4.74 Å². The average Bonchev–Trinajstić information content (AvgIpc) is 3.03. The summed E-state index contributed by atoms with van der Waals surface area (Å²) >= 11 is 0. The zero-order valence-corrected chi connectivity index (χ0v) is 12.2. The number of hydrogen-bond donors (Lipinski definition) is 2. The van der Waals surface area contributed by atoms with Gasteiger partial charge in [-0.15, -0.1) is 12.4 Å². The second kappa shape index (κ2) is 7.21. The summed E-state index contributed by atoms with van der Waals surface area (Å²) < 4.78 is 7.04. The molecule has 1 aromatic heterocycles. The van der Waals surface area contributed by atoms with Gasteiger partial charge in [-0.3, -0.25) is 4.79 Å². The Kier molecular flexibility index (Phi) is 5.32. The minimum Gasteiger partial charge on any atom is -0.378 e. The van der Waals surface area contributed by atoms with Crippen LogP contribution in [0.25, 0.3) is 5.69 Å². The van der Waals surface area contributed by atoms with Crippen LogP contribution in [0.5, 0.6) is 0 Å². The van der Waals surface area contributed by atoms with Crippen molar-refractivity contribution in [1.29, 1.82) is 0 Å². The largest absolute Gasteiger partial charge is 0.378 e. The van der Waals surface area contributed by atoms with E-state index < -0.39 is 0 Å². The molecular formula is C14H17ClN4O2. The van der Waals surface area contributed by atoms with E-state index in [1.807, 2.05) is 36.5 Å². The molecule has 0 bridgehead atoms. The van der Waals surface area contributed by atoms with Crippen LogP contribution in [0.15, 0.2) is 42.7 Å². The lowest BCUT2D eigenvalue weighted by atomic mass is 10.2. The van der Waals surface area contributed by atoms with E-state index in [-0.39, 0.29) is 24.4 Å². The molecule has 0 aliphatic carbocycles. The van der Waals surface area contributed by atoms with E-state index in [0.717, 1.165) is 11.4 Å². The summed E-state index contributed by atoms with van der Waals surface area (Å²) in [5.74, 6) is -0.0726. The maximum absolute atomic E-state index is 12.0. The van der Waals surface area contributed by atoms with Crippen LogP contribution in [-0.4, -0.2) is 41.5 Å². The quantitative estimate of drug-likeness (QED) is 0.894. The summed E-state index contributed by atoms with van der Waals surface area (Å²) in [6.45, 7) is 1.77. The highest BCUT2D eigenvalue weighted by Gasteiger charge is 2.20. The Bertz CT molecular complexity index is 565. The van der Waals surface area contributed by atoms with Crippen LogP contribution in [0.3, 0.4) is 0 Å². The molecule has 112 valence electrons. The third-order valence-corrected chi connectivity index (χ3v) is 3.14. The van der Waals surface area contributed by atoms with Crippen LogP contribution in [0.4, 0.5) is 5.69 Å². The third kappa shape index (κ3) is 3.81. The van der Waals surface area contributed by atoms with Crippen molar-refractivity contribution in [2.75, 3.05) is 25.1 Å². The number of amides is 1. The minimum absolute atomic E-state index is 0. The van der Waals surface area contributed by atoms with Gasteiger partial charge in [0.2, 0.25) is 5.91 Å². The van der Waals surface area contributed by atoms with Gasteiger partial charge in [0.15, 0.2) is 0 Å². The van der Waals surface area contributed by atoms with Gasteiger partial charge in [-0.25, -0.2) is 4.68 Å². The van der Waals surface area contributed by atoms with E-state index in [2.05, 4.69) is 15.7 Å². The van der Waals surface area contributed by atoms with Crippen LogP contribution in [-0.2, 0) is 9.53 Å². The zero-order chi connectivity index (χ0) is 13.8. The van der Waals surface area contributed by atoms with Crippen molar-refractivity contribution in [2.45, 2.75) is 6.04 Å². The van der Waals surface area contributed by atoms with Crippen LogP contribution in [0.1, 0.15) is 0 Å². The number of ether oxygens (including phenoxy) is 1. The SMILES string of the molecule is Cl.O=C(Nc1ccc(-n2cccn2)cc1)C1COCCN1. The maximum atomic E-state index is 12.0. The van der Waals surface area contributed by atoms with Crippen molar-refractivity contribution in [1.82, 2.24) is 15.1 Å². The Morgan fingerprint density at radius 3 is 2.81 bits per heavy atom. The predicted molar refractivity (Wildman–Crippen MR) is 82.1 cm³/mol. The van der Waals surface area contributed by atoms with Crippen molar-refractivity contribution in [2.24, 2.45) is 0 Å². The fraction of sp³-hybridized carbons (Fsp3) is 0.286. The molecular weight excluding hydrogens is 292 g/mol. The highest BCUT2D eigenvalue weighted by Crippen LogP contribution is 2.13. The smallest absolute Gasteiger partial charge is 0.243 e. The molecule has 3 rings (SSSR count). The van der Waals surface area contributed by atoms with Gasteiger partial charge < -0.3 is 15.4 Å². The number of nitrogens with zero attached hydrogens (tertiary/aromatic N) is 2. The Balaban J connectivity index is 0.00000161. The van der Waals surface area contributed by atoms with Gasteiger partial charge in [0, 0.05) is 24.6 Å². The first-order valence-corrected chi connectivity index (χ1v) is 6.55. The summed E-state index contributed by atoms with van der Waals surface area (Å²) in [6, 6.07) is 9.12. The number of nitrogens with one attached hydrogen (secondary N) is 2. The number of benzene rings is 1. The van der Waals surface area contributed by atoms with Gasteiger partial charge in [-0.2, -0.15) is 5.10 Å². The third-order valence-electron chi connectivity index (χ3n) is 3.14. The number of hydrogen-bond acceptors (Lipinski definition) is 4. The van der Waals surface area contributed by atoms with Crippen LogP contribution < -0.4 is 10.6 Å². The molecule has 21 heavy (non-hydrogen) atoms. The first-order chi connectivity index (χ1) is 9.83. The highest BCUT2D eigenvalue weighted by atomic mass is 35.5. The maximum Gasteiger partial charge on any atom is 0.243 e. The molecule has 2 aromatic rings. The number of anilines is 1. The number of rotatable bonds is 3. The molecule has 0 radical (unpaired) electrons. The van der Waals surface area contributed by atoms with E-state index in [9.17, 15) is 4.79 Å². The Labute approximate surface area is 128 Å². The molecule has 1 unspecified atom stereocenters. The lowest BCUT2D eigenvalue weighted by Crippen LogP contribution is -2.48. The van der Waals surface area contributed by atoms with Gasteiger partial charge >= 0.3 is 0 Å². The van der Waals surface area contributed by atoms with Crippen molar-refractivity contribution in [3.63, 3.8) is 0 Å². The number of morpholine rings is 1. The molecule has 2 heterocycles. The Hall–Kier alpha value is -1.89. The normalized spacial score (nSPS) is 17.8. The molecule has 0 spiro atoms. The topological polar surface area (TPSA) is 68.2 Å².